The third-order valence-corrected chi connectivity index (χ3v) is 5.44. The predicted molar refractivity (Wildman–Crippen MR) is 96.7 cm³/mol. The molecule has 0 amide bonds. The molecule has 0 N–H and O–H groups in total. The van der Waals surface area contributed by atoms with E-state index in [1.165, 1.54) is 23.5 Å². The molecule has 2 aromatic rings. The number of halogens is 1. The maximum Gasteiger partial charge on any atom is 0.243 e. The maximum atomic E-state index is 12.8. The van der Waals surface area contributed by atoms with E-state index in [4.69, 9.17) is 21.1 Å². The molecule has 0 fully saturated rings. The van der Waals surface area contributed by atoms with Gasteiger partial charge in [0.25, 0.3) is 0 Å². The Kier molecular flexibility index (Phi) is 6.64. The first-order valence-electron chi connectivity index (χ1n) is 7.85. The van der Waals surface area contributed by atoms with Crippen molar-refractivity contribution in [2.24, 2.45) is 0 Å². The van der Waals surface area contributed by atoms with Gasteiger partial charge in [-0.15, -0.1) is 0 Å². The molecular weight excluding hydrogens is 364 g/mol. The Morgan fingerprint density at radius 2 is 1.76 bits per heavy atom. The molecule has 1 heterocycles. The first kappa shape index (κ1) is 19.5. The third-order valence-electron chi connectivity index (χ3n) is 3.42. The minimum Gasteiger partial charge on any atom is -0.490 e. The highest BCUT2D eigenvalue weighted by Gasteiger charge is 2.23. The number of benzene rings is 1. The Morgan fingerprint density at radius 3 is 2.36 bits per heavy atom. The van der Waals surface area contributed by atoms with E-state index in [0.29, 0.717) is 29.9 Å². The van der Waals surface area contributed by atoms with E-state index in [2.05, 4.69) is 4.98 Å². The van der Waals surface area contributed by atoms with Crippen molar-refractivity contribution >= 4 is 21.6 Å². The van der Waals surface area contributed by atoms with Crippen LogP contribution in [0.1, 0.15) is 19.4 Å². The van der Waals surface area contributed by atoms with Gasteiger partial charge in [0.1, 0.15) is 5.15 Å². The highest BCUT2D eigenvalue weighted by atomic mass is 35.5. The molecule has 0 saturated carbocycles. The molecule has 1 aromatic heterocycles. The van der Waals surface area contributed by atoms with E-state index in [1.807, 2.05) is 13.8 Å². The summed E-state index contributed by atoms with van der Waals surface area (Å²) in [5.41, 5.74) is 0.742. The van der Waals surface area contributed by atoms with Crippen molar-refractivity contribution in [1.82, 2.24) is 9.29 Å². The topological polar surface area (TPSA) is 68.7 Å². The fraction of sp³-hybridized carbons (Fsp3) is 0.353. The second-order valence-corrected chi connectivity index (χ2v) is 7.66. The fourth-order valence-corrected chi connectivity index (χ4v) is 3.50. The van der Waals surface area contributed by atoms with Gasteiger partial charge in [-0.25, -0.2) is 13.4 Å². The number of nitrogens with zero attached hydrogens (tertiary/aromatic N) is 2. The van der Waals surface area contributed by atoms with Crippen molar-refractivity contribution in [2.75, 3.05) is 20.3 Å². The molecule has 0 spiro atoms. The van der Waals surface area contributed by atoms with Crippen LogP contribution in [0.15, 0.2) is 41.4 Å². The van der Waals surface area contributed by atoms with Crippen LogP contribution in [-0.4, -0.2) is 38.0 Å². The van der Waals surface area contributed by atoms with Crippen molar-refractivity contribution in [1.29, 1.82) is 0 Å². The normalized spacial score (nSPS) is 11.6. The highest BCUT2D eigenvalue weighted by molar-refractivity contribution is 7.89. The zero-order valence-corrected chi connectivity index (χ0v) is 16.0. The molecule has 6 nitrogen and oxygen atoms in total. The lowest BCUT2D eigenvalue weighted by Crippen LogP contribution is -2.26. The number of rotatable bonds is 8. The van der Waals surface area contributed by atoms with Gasteiger partial charge in [-0.1, -0.05) is 17.7 Å². The lowest BCUT2D eigenvalue weighted by molar-refractivity contribution is 0.287. The average molecular weight is 385 g/mol. The van der Waals surface area contributed by atoms with Gasteiger partial charge in [0.05, 0.1) is 18.1 Å². The monoisotopic (exact) mass is 384 g/mol. The van der Waals surface area contributed by atoms with Crippen LogP contribution in [0.25, 0.3) is 0 Å². The number of pyridine rings is 1. The summed E-state index contributed by atoms with van der Waals surface area (Å²) in [7, 11) is -2.17. The number of hydrogen-bond donors (Lipinski definition) is 0. The SMILES string of the molecule is CCOc1ccc(S(=O)(=O)N(C)Cc2ccc(Cl)nc2)cc1OCC. The highest BCUT2D eigenvalue weighted by Crippen LogP contribution is 2.31. The molecule has 0 unspecified atom stereocenters. The van der Waals surface area contributed by atoms with Crippen molar-refractivity contribution < 1.29 is 17.9 Å². The fourth-order valence-electron chi connectivity index (χ4n) is 2.21. The number of ether oxygens (including phenoxy) is 2. The summed E-state index contributed by atoms with van der Waals surface area (Å²) in [6.45, 7) is 4.75. The summed E-state index contributed by atoms with van der Waals surface area (Å²) >= 11 is 5.75. The van der Waals surface area contributed by atoms with Gasteiger partial charge < -0.3 is 9.47 Å². The van der Waals surface area contributed by atoms with E-state index in [0.717, 1.165) is 5.56 Å². The van der Waals surface area contributed by atoms with Gasteiger partial charge in [-0.3, -0.25) is 0 Å². The first-order chi connectivity index (χ1) is 11.9. The van der Waals surface area contributed by atoms with Gasteiger partial charge >= 0.3 is 0 Å². The standard InChI is InChI=1S/C17H21ClN2O4S/c1-4-23-15-8-7-14(10-16(15)24-5-2)25(21,22)20(3)12-13-6-9-17(18)19-11-13/h6-11H,4-5,12H2,1-3H3. The molecule has 0 atom stereocenters. The minimum absolute atomic E-state index is 0.142. The third kappa shape index (κ3) is 4.84. The summed E-state index contributed by atoms with van der Waals surface area (Å²) in [5.74, 6) is 0.930. The average Bonchev–Trinajstić information content (AvgIpc) is 2.58. The minimum atomic E-state index is -3.68. The quantitative estimate of drug-likeness (QED) is 0.653. The Morgan fingerprint density at radius 1 is 1.08 bits per heavy atom. The summed E-state index contributed by atoms with van der Waals surface area (Å²) in [6, 6.07) is 7.98. The molecule has 0 aliphatic carbocycles. The molecule has 0 aliphatic rings. The van der Waals surface area contributed by atoms with Crippen LogP contribution in [0, 0.1) is 0 Å². The van der Waals surface area contributed by atoms with Crippen LogP contribution in [0.4, 0.5) is 0 Å². The lowest BCUT2D eigenvalue weighted by atomic mass is 10.3. The number of sulfonamides is 1. The summed E-state index contributed by atoms with van der Waals surface area (Å²) in [5, 5.41) is 0.363. The van der Waals surface area contributed by atoms with Crippen LogP contribution in [0.3, 0.4) is 0 Å². The van der Waals surface area contributed by atoms with Crippen molar-refractivity contribution in [3.05, 3.63) is 47.2 Å². The van der Waals surface area contributed by atoms with Crippen LogP contribution in [0.5, 0.6) is 11.5 Å². The predicted octanol–water partition coefficient (Wildman–Crippen LogP) is 3.35. The van der Waals surface area contributed by atoms with E-state index in [9.17, 15) is 8.42 Å². The molecular formula is C17H21ClN2O4S. The van der Waals surface area contributed by atoms with Crippen LogP contribution in [0.2, 0.25) is 5.15 Å². The smallest absolute Gasteiger partial charge is 0.243 e. The molecule has 1 aromatic carbocycles. The maximum absolute atomic E-state index is 12.8. The Labute approximate surface area is 153 Å². The summed E-state index contributed by atoms with van der Waals surface area (Å²) in [4.78, 5) is 4.11. The Hall–Kier alpha value is -1.83. The lowest BCUT2D eigenvalue weighted by Gasteiger charge is -2.18. The van der Waals surface area contributed by atoms with Gasteiger partial charge in [0.15, 0.2) is 11.5 Å². The Balaban J connectivity index is 2.27. The van der Waals surface area contributed by atoms with Crippen molar-refractivity contribution in [3.8, 4) is 11.5 Å². The second kappa shape index (κ2) is 8.51. The molecule has 8 heteroatoms. The summed E-state index contributed by atoms with van der Waals surface area (Å²) < 4.78 is 37.9. The molecule has 0 radical (unpaired) electrons. The van der Waals surface area contributed by atoms with Gasteiger partial charge in [0, 0.05) is 25.9 Å². The van der Waals surface area contributed by atoms with Crippen LogP contribution >= 0.6 is 11.6 Å². The van der Waals surface area contributed by atoms with Crippen molar-refractivity contribution in [3.63, 3.8) is 0 Å². The van der Waals surface area contributed by atoms with Crippen molar-refractivity contribution in [2.45, 2.75) is 25.3 Å². The number of hydrogen-bond acceptors (Lipinski definition) is 5. The summed E-state index contributed by atoms with van der Waals surface area (Å²) in [6.07, 6.45) is 1.55. The largest absolute Gasteiger partial charge is 0.490 e. The molecule has 136 valence electrons. The van der Waals surface area contributed by atoms with E-state index in [1.54, 1.807) is 24.4 Å². The van der Waals surface area contributed by atoms with Gasteiger partial charge in [-0.05, 0) is 37.6 Å². The van der Waals surface area contributed by atoms with E-state index in [-0.39, 0.29) is 11.4 Å². The second-order valence-electron chi connectivity index (χ2n) is 5.22. The zero-order valence-electron chi connectivity index (χ0n) is 14.4. The van der Waals surface area contributed by atoms with Gasteiger partial charge in [-0.2, -0.15) is 4.31 Å². The first-order valence-corrected chi connectivity index (χ1v) is 9.66. The molecule has 0 aliphatic heterocycles. The number of aromatic nitrogens is 1. The zero-order chi connectivity index (χ0) is 18.4. The van der Waals surface area contributed by atoms with E-state index < -0.39 is 10.0 Å². The molecule has 25 heavy (non-hydrogen) atoms. The molecule has 0 saturated heterocycles. The van der Waals surface area contributed by atoms with Crippen LogP contribution in [-0.2, 0) is 16.6 Å². The van der Waals surface area contributed by atoms with Gasteiger partial charge in [0.2, 0.25) is 10.0 Å². The molecule has 0 bridgehead atoms. The Bertz CT molecular complexity index is 810. The molecule has 2 rings (SSSR count). The van der Waals surface area contributed by atoms with Crippen LogP contribution < -0.4 is 9.47 Å². The van der Waals surface area contributed by atoms with E-state index >= 15 is 0 Å².